The van der Waals surface area contributed by atoms with Gasteiger partial charge >= 0.3 is 0 Å². The molecule has 0 heterocycles. The van der Waals surface area contributed by atoms with Crippen LogP contribution in [0.4, 0.5) is 0 Å². The first-order chi connectivity index (χ1) is 8.09. The third-order valence-corrected chi connectivity index (χ3v) is 2.48. The van der Waals surface area contributed by atoms with Crippen LogP contribution in [-0.2, 0) is 9.47 Å². The van der Waals surface area contributed by atoms with Crippen molar-refractivity contribution in [2.45, 2.75) is 32.9 Å². The van der Waals surface area contributed by atoms with E-state index in [1.807, 2.05) is 26.0 Å². The van der Waals surface area contributed by atoms with Crippen molar-refractivity contribution in [3.05, 3.63) is 35.4 Å². The molecule has 0 aliphatic carbocycles. The Morgan fingerprint density at radius 2 is 1.76 bits per heavy atom. The third kappa shape index (κ3) is 5.82. The highest BCUT2D eigenvalue weighted by molar-refractivity contribution is 5.23. The highest BCUT2D eigenvalue weighted by Crippen LogP contribution is 2.11. The molecule has 0 fully saturated rings. The Morgan fingerprint density at radius 1 is 1.12 bits per heavy atom. The molecule has 17 heavy (non-hydrogen) atoms. The smallest absolute Gasteiger partial charge is 0.0703 e. The second-order valence-electron chi connectivity index (χ2n) is 4.51. The van der Waals surface area contributed by atoms with Gasteiger partial charge in [-0.15, -0.1) is 0 Å². The maximum Gasteiger partial charge on any atom is 0.0703 e. The van der Waals surface area contributed by atoms with Gasteiger partial charge in [-0.1, -0.05) is 29.8 Å². The van der Waals surface area contributed by atoms with Crippen molar-refractivity contribution in [3.8, 4) is 0 Å². The fourth-order valence-corrected chi connectivity index (χ4v) is 1.46. The van der Waals surface area contributed by atoms with E-state index in [9.17, 15) is 0 Å². The number of benzene rings is 1. The lowest BCUT2D eigenvalue weighted by atomic mass is 10.1. The Bertz CT molecular complexity index is 309. The SMILES string of the molecule is Cc1ccc(C(N)COCCOC(C)C)cc1. The largest absolute Gasteiger partial charge is 0.377 e. The van der Waals surface area contributed by atoms with Gasteiger partial charge in [0, 0.05) is 0 Å². The van der Waals surface area contributed by atoms with E-state index in [2.05, 4.69) is 19.1 Å². The Balaban J connectivity index is 2.21. The van der Waals surface area contributed by atoms with Crippen molar-refractivity contribution < 1.29 is 9.47 Å². The molecule has 1 aromatic carbocycles. The molecule has 3 nitrogen and oxygen atoms in total. The molecule has 0 bridgehead atoms. The first kappa shape index (κ1) is 14.2. The summed E-state index contributed by atoms with van der Waals surface area (Å²) in [5.41, 5.74) is 8.38. The number of nitrogens with two attached hydrogens (primary N) is 1. The lowest BCUT2D eigenvalue weighted by Gasteiger charge is -2.13. The molecule has 1 unspecified atom stereocenters. The number of hydrogen-bond acceptors (Lipinski definition) is 3. The summed E-state index contributed by atoms with van der Waals surface area (Å²) < 4.78 is 10.9. The Hall–Kier alpha value is -0.900. The topological polar surface area (TPSA) is 44.5 Å². The monoisotopic (exact) mass is 237 g/mol. The van der Waals surface area contributed by atoms with Crippen molar-refractivity contribution in [1.82, 2.24) is 0 Å². The average molecular weight is 237 g/mol. The van der Waals surface area contributed by atoms with Crippen LogP contribution >= 0.6 is 0 Å². The Labute approximate surface area is 104 Å². The zero-order valence-electron chi connectivity index (χ0n) is 11.0. The van der Waals surface area contributed by atoms with Gasteiger partial charge in [0.1, 0.15) is 0 Å². The molecule has 0 amide bonds. The molecule has 2 N–H and O–H groups in total. The molecular weight excluding hydrogens is 214 g/mol. The summed E-state index contributed by atoms with van der Waals surface area (Å²) in [5, 5.41) is 0. The van der Waals surface area contributed by atoms with Crippen LogP contribution in [0, 0.1) is 6.92 Å². The van der Waals surface area contributed by atoms with E-state index in [1.54, 1.807) is 0 Å². The maximum absolute atomic E-state index is 6.02. The van der Waals surface area contributed by atoms with E-state index in [0.717, 1.165) is 5.56 Å². The van der Waals surface area contributed by atoms with Crippen molar-refractivity contribution in [1.29, 1.82) is 0 Å². The standard InChI is InChI=1S/C14H23NO2/c1-11(2)17-9-8-16-10-14(15)13-6-4-12(3)5-7-13/h4-7,11,14H,8-10,15H2,1-3H3. The molecule has 0 spiro atoms. The summed E-state index contributed by atoms with van der Waals surface area (Å²) in [6.45, 7) is 7.84. The summed E-state index contributed by atoms with van der Waals surface area (Å²) in [4.78, 5) is 0. The molecule has 3 heteroatoms. The van der Waals surface area contributed by atoms with Gasteiger partial charge in [-0.2, -0.15) is 0 Å². The molecule has 96 valence electrons. The van der Waals surface area contributed by atoms with E-state index in [0.29, 0.717) is 19.8 Å². The average Bonchev–Trinajstić information content (AvgIpc) is 2.29. The number of aryl methyl sites for hydroxylation is 1. The molecule has 0 radical (unpaired) electrons. The van der Waals surface area contributed by atoms with Crippen molar-refractivity contribution in [3.63, 3.8) is 0 Å². The van der Waals surface area contributed by atoms with Gasteiger partial charge in [0.2, 0.25) is 0 Å². The quantitative estimate of drug-likeness (QED) is 0.741. The fourth-order valence-electron chi connectivity index (χ4n) is 1.46. The molecule has 0 aliphatic heterocycles. The van der Waals surface area contributed by atoms with E-state index in [-0.39, 0.29) is 12.1 Å². The van der Waals surface area contributed by atoms with Crippen molar-refractivity contribution in [2.24, 2.45) is 5.73 Å². The first-order valence-electron chi connectivity index (χ1n) is 6.11. The summed E-state index contributed by atoms with van der Waals surface area (Å²) in [6.07, 6.45) is 0.254. The zero-order valence-corrected chi connectivity index (χ0v) is 11.0. The van der Waals surface area contributed by atoms with Gasteiger partial charge in [0.25, 0.3) is 0 Å². The minimum atomic E-state index is -0.0605. The van der Waals surface area contributed by atoms with Gasteiger partial charge in [-0.3, -0.25) is 0 Å². The first-order valence-corrected chi connectivity index (χ1v) is 6.11. The van der Waals surface area contributed by atoms with E-state index in [1.165, 1.54) is 5.56 Å². The maximum atomic E-state index is 6.02. The lowest BCUT2D eigenvalue weighted by molar-refractivity contribution is 0.0161. The van der Waals surface area contributed by atoms with E-state index >= 15 is 0 Å². The molecule has 1 rings (SSSR count). The third-order valence-electron chi connectivity index (χ3n) is 2.48. The van der Waals surface area contributed by atoms with Gasteiger partial charge in [0.15, 0.2) is 0 Å². The van der Waals surface area contributed by atoms with Crippen molar-refractivity contribution >= 4 is 0 Å². The molecular formula is C14H23NO2. The normalized spacial score (nSPS) is 13.0. The highest BCUT2D eigenvalue weighted by atomic mass is 16.5. The predicted octanol–water partition coefficient (Wildman–Crippen LogP) is 2.44. The van der Waals surface area contributed by atoms with Crippen LogP contribution in [0.3, 0.4) is 0 Å². The summed E-state index contributed by atoms with van der Waals surface area (Å²) in [5.74, 6) is 0. The highest BCUT2D eigenvalue weighted by Gasteiger charge is 2.05. The number of ether oxygens (including phenoxy) is 2. The van der Waals surface area contributed by atoms with E-state index in [4.69, 9.17) is 15.2 Å². The van der Waals surface area contributed by atoms with Crippen LogP contribution in [0.5, 0.6) is 0 Å². The second-order valence-corrected chi connectivity index (χ2v) is 4.51. The minimum Gasteiger partial charge on any atom is -0.377 e. The van der Waals surface area contributed by atoms with Crippen molar-refractivity contribution in [2.75, 3.05) is 19.8 Å². The Morgan fingerprint density at radius 3 is 2.35 bits per heavy atom. The predicted molar refractivity (Wildman–Crippen MR) is 70.0 cm³/mol. The molecule has 0 saturated heterocycles. The zero-order chi connectivity index (χ0) is 12.7. The van der Waals surface area contributed by atoms with Gasteiger partial charge in [-0.25, -0.2) is 0 Å². The lowest BCUT2D eigenvalue weighted by Crippen LogP contribution is -2.19. The molecule has 1 atom stereocenters. The molecule has 0 aromatic heterocycles. The van der Waals surface area contributed by atoms with Gasteiger partial charge in [-0.05, 0) is 26.3 Å². The summed E-state index contributed by atoms with van der Waals surface area (Å²) >= 11 is 0. The van der Waals surface area contributed by atoms with Crippen LogP contribution < -0.4 is 5.73 Å². The summed E-state index contributed by atoms with van der Waals surface area (Å²) in [6, 6.07) is 8.17. The molecule has 0 saturated carbocycles. The number of hydrogen-bond donors (Lipinski definition) is 1. The van der Waals surface area contributed by atoms with Crippen LogP contribution in [0.2, 0.25) is 0 Å². The van der Waals surface area contributed by atoms with Gasteiger partial charge in [0.05, 0.1) is 32.0 Å². The van der Waals surface area contributed by atoms with Crippen LogP contribution in [-0.4, -0.2) is 25.9 Å². The van der Waals surface area contributed by atoms with E-state index < -0.39 is 0 Å². The van der Waals surface area contributed by atoms with Crippen LogP contribution in [0.25, 0.3) is 0 Å². The van der Waals surface area contributed by atoms with Gasteiger partial charge < -0.3 is 15.2 Å². The Kier molecular flexibility index (Phi) is 6.19. The summed E-state index contributed by atoms with van der Waals surface area (Å²) in [7, 11) is 0. The number of rotatable bonds is 7. The van der Waals surface area contributed by atoms with Crippen LogP contribution in [0.1, 0.15) is 31.0 Å². The second kappa shape index (κ2) is 7.43. The molecule has 1 aromatic rings. The fraction of sp³-hybridized carbons (Fsp3) is 0.571. The molecule has 0 aliphatic rings. The van der Waals surface area contributed by atoms with Crippen LogP contribution in [0.15, 0.2) is 24.3 Å². The minimum absolute atomic E-state index is 0.0605.